The smallest absolute Gasteiger partial charge is 0.0945 e. The van der Waals surface area contributed by atoms with Crippen LogP contribution in [0.5, 0.6) is 0 Å². The third-order valence-electron chi connectivity index (χ3n) is 2.48. The summed E-state index contributed by atoms with van der Waals surface area (Å²) in [6, 6.07) is 0. The highest BCUT2D eigenvalue weighted by molar-refractivity contribution is 5.45. The van der Waals surface area contributed by atoms with Gasteiger partial charge >= 0.3 is 0 Å². The highest BCUT2D eigenvalue weighted by Crippen LogP contribution is 2.10. The van der Waals surface area contributed by atoms with E-state index in [1.165, 1.54) is 0 Å². The van der Waals surface area contributed by atoms with Gasteiger partial charge in [0, 0.05) is 38.7 Å². The van der Waals surface area contributed by atoms with Gasteiger partial charge in [-0.1, -0.05) is 0 Å². The van der Waals surface area contributed by atoms with Crippen molar-refractivity contribution in [2.24, 2.45) is 7.05 Å². The van der Waals surface area contributed by atoms with Gasteiger partial charge in [-0.25, -0.2) is 4.98 Å². The summed E-state index contributed by atoms with van der Waals surface area (Å²) in [5, 5.41) is 7.66. The monoisotopic (exact) mass is 219 g/mol. The van der Waals surface area contributed by atoms with Gasteiger partial charge in [-0.05, 0) is 13.3 Å². The number of aromatic nitrogens is 4. The molecule has 0 bridgehead atoms. The summed E-state index contributed by atoms with van der Waals surface area (Å²) in [7, 11) is 1.93. The first kappa shape index (κ1) is 10.7. The molecule has 2 aromatic heterocycles. The van der Waals surface area contributed by atoms with Crippen LogP contribution in [0.15, 0.2) is 24.9 Å². The Labute approximate surface area is 95.1 Å². The Bertz CT molecular complexity index is 429. The number of hydrogen-bond acceptors (Lipinski definition) is 3. The van der Waals surface area contributed by atoms with Crippen molar-refractivity contribution in [2.75, 3.05) is 11.9 Å². The van der Waals surface area contributed by atoms with Crippen LogP contribution in [-0.4, -0.2) is 25.9 Å². The number of aryl methyl sites for hydroxylation is 3. The van der Waals surface area contributed by atoms with E-state index in [1.807, 2.05) is 37.4 Å². The first-order valence-corrected chi connectivity index (χ1v) is 5.45. The molecule has 1 N–H and O–H groups in total. The Kier molecular flexibility index (Phi) is 3.24. The first-order valence-electron chi connectivity index (χ1n) is 5.45. The number of imidazole rings is 1. The van der Waals surface area contributed by atoms with Crippen LogP contribution in [0, 0.1) is 6.92 Å². The van der Waals surface area contributed by atoms with Crippen LogP contribution < -0.4 is 5.32 Å². The van der Waals surface area contributed by atoms with E-state index in [0.717, 1.165) is 30.9 Å². The molecule has 2 aromatic rings. The molecule has 0 atom stereocenters. The Balaban J connectivity index is 1.74. The van der Waals surface area contributed by atoms with Gasteiger partial charge in [0.2, 0.25) is 0 Å². The molecular formula is C11H17N5. The number of hydrogen-bond donors (Lipinski definition) is 1. The summed E-state index contributed by atoms with van der Waals surface area (Å²) < 4.78 is 3.91. The second-order valence-corrected chi connectivity index (χ2v) is 3.88. The fourth-order valence-corrected chi connectivity index (χ4v) is 1.68. The Morgan fingerprint density at radius 1 is 1.44 bits per heavy atom. The molecule has 0 saturated heterocycles. The van der Waals surface area contributed by atoms with E-state index in [2.05, 4.69) is 20.0 Å². The van der Waals surface area contributed by atoms with E-state index in [9.17, 15) is 0 Å². The standard InChI is InChI=1S/C11H17N5/c1-10-11(8-15(2)14-10)13-4-3-6-16-7-5-12-9-16/h5,7-9,13H,3-4,6H2,1-2H3. The zero-order valence-electron chi connectivity index (χ0n) is 9.72. The van der Waals surface area contributed by atoms with Gasteiger partial charge in [-0.2, -0.15) is 5.10 Å². The maximum Gasteiger partial charge on any atom is 0.0945 e. The lowest BCUT2D eigenvalue weighted by Crippen LogP contribution is -2.05. The van der Waals surface area contributed by atoms with Crippen LogP contribution in [-0.2, 0) is 13.6 Å². The summed E-state index contributed by atoms with van der Waals surface area (Å²) in [6.07, 6.45) is 8.71. The molecule has 0 unspecified atom stereocenters. The molecule has 0 saturated carbocycles. The predicted octanol–water partition coefficient (Wildman–Crippen LogP) is 1.43. The topological polar surface area (TPSA) is 47.7 Å². The van der Waals surface area contributed by atoms with Crippen molar-refractivity contribution in [3.63, 3.8) is 0 Å². The number of rotatable bonds is 5. The molecule has 0 radical (unpaired) electrons. The predicted molar refractivity (Wildman–Crippen MR) is 63.3 cm³/mol. The lowest BCUT2D eigenvalue weighted by molar-refractivity contribution is 0.660. The zero-order valence-corrected chi connectivity index (χ0v) is 9.72. The molecule has 0 aliphatic carbocycles. The van der Waals surface area contributed by atoms with Crippen molar-refractivity contribution in [1.29, 1.82) is 0 Å². The molecule has 5 heteroatoms. The summed E-state index contributed by atoms with van der Waals surface area (Å²) in [6.45, 7) is 3.95. The van der Waals surface area contributed by atoms with Gasteiger partial charge in [-0.3, -0.25) is 4.68 Å². The molecule has 0 aliphatic rings. The Hall–Kier alpha value is -1.78. The molecule has 2 rings (SSSR count). The average Bonchev–Trinajstić information content (AvgIpc) is 2.84. The molecule has 0 aromatic carbocycles. The van der Waals surface area contributed by atoms with E-state index < -0.39 is 0 Å². The van der Waals surface area contributed by atoms with E-state index in [1.54, 1.807) is 6.20 Å². The normalized spacial score (nSPS) is 10.6. The van der Waals surface area contributed by atoms with E-state index in [-0.39, 0.29) is 0 Å². The molecular weight excluding hydrogens is 202 g/mol. The van der Waals surface area contributed by atoms with Crippen LogP contribution in [0.2, 0.25) is 0 Å². The summed E-state index contributed by atoms with van der Waals surface area (Å²) in [5.41, 5.74) is 2.17. The van der Waals surface area contributed by atoms with Crippen LogP contribution in [0.3, 0.4) is 0 Å². The van der Waals surface area contributed by atoms with Gasteiger partial charge in [0.15, 0.2) is 0 Å². The Morgan fingerprint density at radius 3 is 2.94 bits per heavy atom. The van der Waals surface area contributed by atoms with Crippen molar-refractivity contribution < 1.29 is 0 Å². The fraction of sp³-hybridized carbons (Fsp3) is 0.455. The summed E-state index contributed by atoms with van der Waals surface area (Å²) in [5.74, 6) is 0. The number of nitrogens with zero attached hydrogens (tertiary/aromatic N) is 4. The van der Waals surface area contributed by atoms with Crippen molar-refractivity contribution in [2.45, 2.75) is 19.9 Å². The lowest BCUT2D eigenvalue weighted by Gasteiger charge is -2.05. The highest BCUT2D eigenvalue weighted by Gasteiger charge is 2.00. The van der Waals surface area contributed by atoms with Crippen molar-refractivity contribution in [3.8, 4) is 0 Å². The maximum atomic E-state index is 4.28. The van der Waals surface area contributed by atoms with Gasteiger partial charge in [0.25, 0.3) is 0 Å². The fourth-order valence-electron chi connectivity index (χ4n) is 1.68. The van der Waals surface area contributed by atoms with Crippen molar-refractivity contribution >= 4 is 5.69 Å². The van der Waals surface area contributed by atoms with Crippen LogP contribution in [0.1, 0.15) is 12.1 Å². The molecule has 5 nitrogen and oxygen atoms in total. The van der Waals surface area contributed by atoms with Gasteiger partial charge < -0.3 is 9.88 Å². The average molecular weight is 219 g/mol. The first-order chi connectivity index (χ1) is 7.75. The SMILES string of the molecule is Cc1nn(C)cc1NCCCn1ccnc1. The van der Waals surface area contributed by atoms with E-state index in [0.29, 0.717) is 0 Å². The van der Waals surface area contributed by atoms with Crippen molar-refractivity contribution in [1.82, 2.24) is 19.3 Å². The second-order valence-electron chi connectivity index (χ2n) is 3.88. The molecule has 0 spiro atoms. The summed E-state index contributed by atoms with van der Waals surface area (Å²) in [4.78, 5) is 4.01. The molecule has 2 heterocycles. The van der Waals surface area contributed by atoms with Crippen LogP contribution in [0.25, 0.3) is 0 Å². The largest absolute Gasteiger partial charge is 0.382 e. The molecule has 0 aliphatic heterocycles. The molecule has 86 valence electrons. The highest BCUT2D eigenvalue weighted by atomic mass is 15.3. The second kappa shape index (κ2) is 4.83. The lowest BCUT2D eigenvalue weighted by atomic mass is 10.3. The molecule has 0 amide bonds. The number of anilines is 1. The van der Waals surface area contributed by atoms with Crippen LogP contribution >= 0.6 is 0 Å². The molecule has 0 fully saturated rings. The van der Waals surface area contributed by atoms with E-state index >= 15 is 0 Å². The maximum absolute atomic E-state index is 4.28. The zero-order chi connectivity index (χ0) is 11.4. The van der Waals surface area contributed by atoms with E-state index in [4.69, 9.17) is 0 Å². The molecule has 16 heavy (non-hydrogen) atoms. The third-order valence-corrected chi connectivity index (χ3v) is 2.48. The minimum absolute atomic E-state index is 0.949. The Morgan fingerprint density at radius 2 is 2.31 bits per heavy atom. The van der Waals surface area contributed by atoms with Gasteiger partial charge in [-0.15, -0.1) is 0 Å². The minimum atomic E-state index is 0.949. The minimum Gasteiger partial charge on any atom is -0.382 e. The van der Waals surface area contributed by atoms with Crippen molar-refractivity contribution in [3.05, 3.63) is 30.6 Å². The van der Waals surface area contributed by atoms with Crippen LogP contribution in [0.4, 0.5) is 5.69 Å². The third kappa shape index (κ3) is 2.62. The number of nitrogens with one attached hydrogen (secondary N) is 1. The van der Waals surface area contributed by atoms with Gasteiger partial charge in [0.05, 0.1) is 17.7 Å². The summed E-state index contributed by atoms with van der Waals surface area (Å²) >= 11 is 0. The quantitative estimate of drug-likeness (QED) is 0.774. The van der Waals surface area contributed by atoms with Gasteiger partial charge in [0.1, 0.15) is 0 Å².